The van der Waals surface area contributed by atoms with Gasteiger partial charge in [0.1, 0.15) is 11.7 Å². The first-order valence-corrected chi connectivity index (χ1v) is 9.63. The highest BCUT2D eigenvalue weighted by Gasteiger charge is 2.40. The summed E-state index contributed by atoms with van der Waals surface area (Å²) in [5.74, 6) is -3.97. The topological polar surface area (TPSA) is 0 Å². The van der Waals surface area contributed by atoms with E-state index >= 15 is 0 Å². The van der Waals surface area contributed by atoms with Crippen LogP contribution in [0.2, 0.25) is 10.0 Å². The minimum absolute atomic E-state index is 0.0746. The lowest BCUT2D eigenvalue weighted by Crippen LogP contribution is -2.19. The number of hydrogen-bond acceptors (Lipinski definition) is 0. The van der Waals surface area contributed by atoms with Gasteiger partial charge in [0.15, 0.2) is 0 Å². The summed E-state index contributed by atoms with van der Waals surface area (Å²) in [6.07, 6.45) is -9.62. The second-order valence-corrected chi connectivity index (χ2v) is 7.98. The van der Waals surface area contributed by atoms with Crippen LogP contribution >= 0.6 is 39.1 Å². The first kappa shape index (κ1) is 24.8. The summed E-state index contributed by atoms with van der Waals surface area (Å²) in [6, 6.07) is 4.27. The summed E-state index contributed by atoms with van der Waals surface area (Å²) in [4.78, 5) is 0. The van der Waals surface area contributed by atoms with Gasteiger partial charge in [-0.15, -0.1) is 0 Å². The Bertz CT molecular complexity index is 984. The lowest BCUT2D eigenvalue weighted by molar-refractivity contribution is -0.140. The molecular formula is C20H12BrCl2F7. The molecule has 1 unspecified atom stereocenters. The normalized spacial score (nSPS) is 14.0. The van der Waals surface area contributed by atoms with Gasteiger partial charge in [-0.2, -0.15) is 26.3 Å². The number of benzene rings is 2. The van der Waals surface area contributed by atoms with E-state index in [1.807, 2.05) is 0 Å². The molecular weight excluding hydrogens is 524 g/mol. The molecule has 0 aliphatic heterocycles. The van der Waals surface area contributed by atoms with E-state index in [1.165, 1.54) is 6.92 Å². The maximum absolute atomic E-state index is 14.7. The number of alkyl halides is 6. The maximum Gasteiger partial charge on any atom is 0.417 e. The predicted molar refractivity (Wildman–Crippen MR) is 108 cm³/mol. The zero-order valence-electron chi connectivity index (χ0n) is 15.0. The van der Waals surface area contributed by atoms with Crippen molar-refractivity contribution in [3.8, 4) is 0 Å². The molecule has 2 rings (SSSR count). The largest absolute Gasteiger partial charge is 0.417 e. The quantitative estimate of drug-likeness (QED) is 0.270. The van der Waals surface area contributed by atoms with Crippen LogP contribution in [0.25, 0.3) is 11.4 Å². The lowest BCUT2D eigenvalue weighted by Gasteiger charge is -2.19. The van der Waals surface area contributed by atoms with Crippen molar-refractivity contribution >= 4 is 50.5 Å². The van der Waals surface area contributed by atoms with Crippen LogP contribution in [0.1, 0.15) is 35.1 Å². The minimum Gasteiger partial charge on any atom is -0.207 e. The van der Waals surface area contributed by atoms with Gasteiger partial charge in [-0.05, 0) is 58.3 Å². The molecule has 162 valence electrons. The van der Waals surface area contributed by atoms with Crippen molar-refractivity contribution in [3.63, 3.8) is 0 Å². The predicted octanol–water partition coefficient (Wildman–Crippen LogP) is 9.46. The molecule has 0 saturated carbocycles. The molecule has 0 aromatic heterocycles. The third-order valence-electron chi connectivity index (χ3n) is 4.09. The molecule has 0 N–H and O–H groups in total. The van der Waals surface area contributed by atoms with E-state index in [2.05, 4.69) is 22.5 Å². The molecule has 0 spiro atoms. The second-order valence-electron chi connectivity index (χ2n) is 6.37. The lowest BCUT2D eigenvalue weighted by atomic mass is 9.94. The van der Waals surface area contributed by atoms with Gasteiger partial charge in [0.05, 0.1) is 20.1 Å². The molecule has 1 atom stereocenters. The Morgan fingerprint density at radius 3 is 2.00 bits per heavy atom. The average Bonchev–Trinajstić information content (AvgIpc) is 2.61. The van der Waals surface area contributed by atoms with Gasteiger partial charge in [0, 0.05) is 5.56 Å². The van der Waals surface area contributed by atoms with Gasteiger partial charge >= 0.3 is 12.4 Å². The van der Waals surface area contributed by atoms with Gasteiger partial charge in [0.2, 0.25) is 0 Å². The van der Waals surface area contributed by atoms with Crippen molar-refractivity contribution in [3.05, 3.63) is 79.8 Å². The third-order valence-corrected chi connectivity index (χ3v) is 6.00. The van der Waals surface area contributed by atoms with Crippen molar-refractivity contribution < 1.29 is 30.7 Å². The zero-order chi connectivity index (χ0) is 23.0. The molecule has 0 nitrogen and oxygen atoms in total. The fraction of sp³-hybridized carbons (Fsp3) is 0.200. The molecule has 2 aromatic carbocycles. The molecule has 0 aliphatic carbocycles. The van der Waals surface area contributed by atoms with E-state index in [9.17, 15) is 30.7 Å². The van der Waals surface area contributed by atoms with E-state index in [0.717, 1.165) is 24.3 Å². The number of halogens is 10. The van der Waals surface area contributed by atoms with E-state index in [4.69, 9.17) is 23.2 Å². The Labute approximate surface area is 186 Å². The number of hydrogen-bond donors (Lipinski definition) is 0. The number of rotatable bonds is 4. The van der Waals surface area contributed by atoms with Crippen molar-refractivity contribution in [2.45, 2.75) is 25.2 Å². The summed E-state index contributed by atoms with van der Waals surface area (Å²) >= 11 is 14.7. The van der Waals surface area contributed by atoms with Crippen molar-refractivity contribution in [1.29, 1.82) is 0 Å². The Balaban J connectivity index is 2.62. The van der Waals surface area contributed by atoms with E-state index < -0.39 is 40.8 Å². The van der Waals surface area contributed by atoms with Crippen molar-refractivity contribution in [1.82, 2.24) is 0 Å². The zero-order valence-corrected chi connectivity index (χ0v) is 18.1. The van der Waals surface area contributed by atoms with E-state index in [-0.39, 0.29) is 31.7 Å². The van der Waals surface area contributed by atoms with Crippen LogP contribution in [0.4, 0.5) is 30.7 Å². The first-order valence-electron chi connectivity index (χ1n) is 8.09. The van der Waals surface area contributed by atoms with E-state index in [0.29, 0.717) is 6.07 Å². The molecule has 0 amide bonds. The molecule has 0 saturated heterocycles. The fourth-order valence-corrected chi connectivity index (χ4v) is 3.41. The molecule has 2 aromatic rings. The van der Waals surface area contributed by atoms with Crippen molar-refractivity contribution in [2.75, 3.05) is 0 Å². The van der Waals surface area contributed by atoms with Gasteiger partial charge in [-0.3, -0.25) is 0 Å². The average molecular weight is 536 g/mol. The van der Waals surface area contributed by atoms with Gasteiger partial charge < -0.3 is 0 Å². The summed E-state index contributed by atoms with van der Waals surface area (Å²) in [5, 5.41) is -0.267. The smallest absolute Gasteiger partial charge is 0.207 e. The van der Waals surface area contributed by atoms with Crippen molar-refractivity contribution in [2.24, 2.45) is 0 Å². The SMILES string of the molecule is C=C(C)c1ccc(/C(F)=C/C(c2cc(Cl)c(Br)c(Cl)c2)C(F)(F)F)cc1C(F)(F)F. The van der Waals surface area contributed by atoms with Crippen LogP contribution in [0, 0.1) is 0 Å². The van der Waals surface area contributed by atoms with Crippen LogP contribution in [0.3, 0.4) is 0 Å². The van der Waals surface area contributed by atoms with Gasteiger partial charge in [-0.1, -0.05) is 47.5 Å². The first-order chi connectivity index (χ1) is 13.6. The summed E-state index contributed by atoms with van der Waals surface area (Å²) < 4.78 is 95.5. The minimum atomic E-state index is -4.96. The van der Waals surface area contributed by atoms with Gasteiger partial charge in [-0.25, -0.2) is 4.39 Å². The standard InChI is InChI=1S/C20H12BrCl2F7/c1-9(2)12-4-3-10(5-14(12)20(28,29)30)17(24)8-13(19(25,26)27)11-6-15(22)18(21)16(23)7-11/h3-8,13H,1H2,2H3/b17-8-. The van der Waals surface area contributed by atoms with Gasteiger partial charge in [0.25, 0.3) is 0 Å². The summed E-state index contributed by atoms with van der Waals surface area (Å²) in [7, 11) is 0. The molecule has 30 heavy (non-hydrogen) atoms. The highest BCUT2D eigenvalue weighted by Crippen LogP contribution is 2.43. The molecule has 0 bridgehead atoms. The highest BCUT2D eigenvalue weighted by molar-refractivity contribution is 9.10. The fourth-order valence-electron chi connectivity index (χ4n) is 2.68. The Hall–Kier alpha value is -1.51. The molecule has 0 fully saturated rings. The van der Waals surface area contributed by atoms with Crippen LogP contribution in [0.15, 0.2) is 47.5 Å². The van der Waals surface area contributed by atoms with Crippen LogP contribution in [-0.2, 0) is 6.18 Å². The summed E-state index contributed by atoms with van der Waals surface area (Å²) in [6.45, 7) is 4.76. The molecule has 0 heterocycles. The maximum atomic E-state index is 14.7. The Kier molecular flexibility index (Phi) is 7.37. The second kappa shape index (κ2) is 8.93. The van der Waals surface area contributed by atoms with Crippen LogP contribution < -0.4 is 0 Å². The molecule has 10 heteroatoms. The number of allylic oxidation sites excluding steroid dienone is 2. The van der Waals surface area contributed by atoms with Crippen LogP contribution in [-0.4, -0.2) is 6.18 Å². The van der Waals surface area contributed by atoms with E-state index in [1.54, 1.807) is 0 Å². The molecule has 0 aliphatic rings. The third kappa shape index (κ3) is 5.59. The summed E-state index contributed by atoms with van der Waals surface area (Å²) in [5.41, 5.74) is -2.53. The Morgan fingerprint density at radius 1 is 1.03 bits per heavy atom. The molecule has 0 radical (unpaired) electrons. The highest BCUT2D eigenvalue weighted by atomic mass is 79.9. The monoisotopic (exact) mass is 534 g/mol. The Morgan fingerprint density at radius 2 is 1.57 bits per heavy atom. The van der Waals surface area contributed by atoms with Crippen LogP contribution in [0.5, 0.6) is 0 Å².